The van der Waals surface area contributed by atoms with Crippen LogP contribution in [0.3, 0.4) is 0 Å². The summed E-state index contributed by atoms with van der Waals surface area (Å²) in [6.07, 6.45) is 0. The highest BCUT2D eigenvalue weighted by Gasteiger charge is 2.20. The second-order valence-corrected chi connectivity index (χ2v) is 10.6. The minimum atomic E-state index is -4.86. The summed E-state index contributed by atoms with van der Waals surface area (Å²) in [4.78, 5) is -1.54. The maximum Gasteiger partial charge on any atom is 0.296 e. The molecule has 0 aliphatic rings. The Labute approximate surface area is 208 Å². The molecule has 0 aliphatic heterocycles. The van der Waals surface area contributed by atoms with E-state index in [1.165, 1.54) is 7.11 Å². The monoisotopic (exact) mass is 533 g/mol. The van der Waals surface area contributed by atoms with Gasteiger partial charge in [-0.2, -0.15) is 32.2 Å². The van der Waals surface area contributed by atoms with Gasteiger partial charge in [-0.3, -0.25) is 9.11 Å². The third kappa shape index (κ3) is 6.09. The van der Waals surface area contributed by atoms with Gasteiger partial charge in [-0.05, 0) is 73.9 Å². The molecule has 3 aromatic rings. The first-order chi connectivity index (χ1) is 16.7. The maximum absolute atomic E-state index is 11.7. The van der Waals surface area contributed by atoms with Gasteiger partial charge in [-0.1, -0.05) is 0 Å². The Hall–Kier alpha value is -3.72. The quantitative estimate of drug-likeness (QED) is 0.200. The van der Waals surface area contributed by atoms with Gasteiger partial charge in [-0.15, -0.1) is 5.11 Å². The number of nitrogens with two attached hydrogens (primary N) is 1. The van der Waals surface area contributed by atoms with Gasteiger partial charge in [0.05, 0.1) is 34.8 Å². The number of nitrogen functional groups attached to an aromatic ring is 1. The Morgan fingerprint density at radius 3 is 1.64 bits per heavy atom. The van der Waals surface area contributed by atoms with Gasteiger partial charge in [0.15, 0.2) is 0 Å². The summed E-state index contributed by atoms with van der Waals surface area (Å²) in [5.41, 5.74) is 9.70. The zero-order valence-corrected chi connectivity index (χ0v) is 21.3. The Morgan fingerprint density at radius 2 is 1.17 bits per heavy atom. The molecule has 0 heterocycles. The molecule has 0 saturated carbocycles. The molecule has 0 aromatic heterocycles. The summed E-state index contributed by atoms with van der Waals surface area (Å²) in [6, 6.07) is 9.31. The summed E-state index contributed by atoms with van der Waals surface area (Å²) >= 11 is 0. The van der Waals surface area contributed by atoms with E-state index in [4.69, 9.17) is 15.0 Å². The average molecular weight is 534 g/mol. The second kappa shape index (κ2) is 10.1. The molecular weight excluding hydrogens is 510 g/mol. The van der Waals surface area contributed by atoms with Crippen molar-refractivity contribution in [3.8, 4) is 5.75 Å². The fourth-order valence-electron chi connectivity index (χ4n) is 3.14. The number of hydrogen-bond acceptors (Lipinski definition) is 10. The lowest BCUT2D eigenvalue weighted by Crippen LogP contribution is -2.03. The average Bonchev–Trinajstić information content (AvgIpc) is 2.78. The van der Waals surface area contributed by atoms with Gasteiger partial charge in [0.25, 0.3) is 20.2 Å². The van der Waals surface area contributed by atoms with Crippen LogP contribution in [0.15, 0.2) is 72.7 Å². The molecule has 0 amide bonds. The number of azo groups is 2. The fraction of sp³-hybridized carbons (Fsp3) is 0.182. The van der Waals surface area contributed by atoms with Crippen molar-refractivity contribution in [3.63, 3.8) is 0 Å². The van der Waals surface area contributed by atoms with Crippen LogP contribution in [-0.4, -0.2) is 33.1 Å². The van der Waals surface area contributed by atoms with Gasteiger partial charge in [0.1, 0.15) is 16.3 Å². The molecule has 14 heteroatoms. The van der Waals surface area contributed by atoms with Crippen molar-refractivity contribution in [3.05, 3.63) is 59.2 Å². The molecule has 0 atom stereocenters. The smallest absolute Gasteiger partial charge is 0.296 e. The van der Waals surface area contributed by atoms with E-state index in [1.54, 1.807) is 38.1 Å². The molecule has 0 fully saturated rings. The molecule has 0 aliphatic carbocycles. The summed E-state index contributed by atoms with van der Waals surface area (Å²) in [5, 5.41) is 16.5. The Balaban J connectivity index is 1.96. The van der Waals surface area contributed by atoms with Crippen molar-refractivity contribution < 1.29 is 30.7 Å². The van der Waals surface area contributed by atoms with E-state index in [0.29, 0.717) is 45.7 Å². The molecule has 4 N–H and O–H groups in total. The lowest BCUT2D eigenvalue weighted by atomic mass is 10.1. The van der Waals surface area contributed by atoms with Gasteiger partial charge >= 0.3 is 0 Å². The molecule has 36 heavy (non-hydrogen) atoms. The number of benzene rings is 3. The van der Waals surface area contributed by atoms with Crippen molar-refractivity contribution in [1.82, 2.24) is 0 Å². The highest BCUT2D eigenvalue weighted by molar-refractivity contribution is 7.86. The number of aryl methyl sites for hydroxylation is 3. The SMILES string of the molecule is COc1cc(N=Nc2cc(C)c(N=Nc3ccc(S(=O)(=O)O)cc3S(=O)(=O)O)cc2C)c(C)cc1N. The standard InChI is InChI=1S/C22H23N5O7S2/c1-12-7-16(23)21(34-4)11-20(12)27-26-19-9-13(2)18(8-14(19)3)25-24-17-6-5-15(35(28,29)30)10-22(17)36(31,32)33/h5-11H,23H2,1-4H3,(H,28,29,30)(H,31,32,33). The molecule has 0 radical (unpaired) electrons. The highest BCUT2D eigenvalue weighted by Crippen LogP contribution is 2.35. The van der Waals surface area contributed by atoms with Crippen molar-refractivity contribution in [2.45, 2.75) is 30.6 Å². The molecule has 0 unspecified atom stereocenters. The van der Waals surface area contributed by atoms with Crippen LogP contribution in [0.25, 0.3) is 0 Å². The highest BCUT2D eigenvalue weighted by atomic mass is 32.2. The first-order valence-electron chi connectivity index (χ1n) is 10.2. The zero-order chi connectivity index (χ0) is 26.8. The molecule has 12 nitrogen and oxygen atoms in total. The Kier molecular flexibility index (Phi) is 7.54. The van der Waals surface area contributed by atoms with E-state index < -0.39 is 30.0 Å². The number of methoxy groups -OCH3 is 1. The van der Waals surface area contributed by atoms with Gasteiger partial charge < -0.3 is 10.5 Å². The first-order valence-corrected chi connectivity index (χ1v) is 13.1. The lowest BCUT2D eigenvalue weighted by Gasteiger charge is -2.08. The second-order valence-electron chi connectivity index (χ2n) is 7.79. The maximum atomic E-state index is 11.7. The molecule has 190 valence electrons. The van der Waals surface area contributed by atoms with Gasteiger partial charge in [0, 0.05) is 6.07 Å². The molecule has 0 bridgehead atoms. The van der Waals surface area contributed by atoms with Crippen molar-refractivity contribution in [1.29, 1.82) is 0 Å². The Bertz CT molecular complexity index is 1620. The van der Waals surface area contributed by atoms with Crippen LogP contribution in [0.2, 0.25) is 0 Å². The van der Waals surface area contributed by atoms with E-state index >= 15 is 0 Å². The molecule has 0 saturated heterocycles. The summed E-state index contributed by atoms with van der Waals surface area (Å²) in [5.74, 6) is 0.479. The normalized spacial score (nSPS) is 12.5. The lowest BCUT2D eigenvalue weighted by molar-refractivity contribution is 0.417. The Morgan fingerprint density at radius 1 is 0.694 bits per heavy atom. The van der Waals surface area contributed by atoms with Crippen molar-refractivity contribution >= 4 is 48.7 Å². The fourth-order valence-corrected chi connectivity index (χ4v) is 4.38. The van der Waals surface area contributed by atoms with Crippen LogP contribution in [-0.2, 0) is 20.2 Å². The predicted octanol–water partition coefficient (Wildman–Crippen LogP) is 5.53. The third-order valence-electron chi connectivity index (χ3n) is 5.10. The summed E-state index contributed by atoms with van der Waals surface area (Å²) < 4.78 is 69.9. The number of ether oxygens (including phenoxy) is 1. The first kappa shape index (κ1) is 26.9. The van der Waals surface area contributed by atoms with Crippen LogP contribution >= 0.6 is 0 Å². The van der Waals surface area contributed by atoms with Crippen molar-refractivity contribution in [2.75, 3.05) is 12.8 Å². The minimum Gasteiger partial charge on any atom is -0.495 e. The van der Waals surface area contributed by atoms with E-state index in [9.17, 15) is 21.4 Å². The van der Waals surface area contributed by atoms with Crippen LogP contribution in [0.4, 0.5) is 28.4 Å². The van der Waals surface area contributed by atoms with E-state index in [0.717, 1.165) is 17.7 Å². The largest absolute Gasteiger partial charge is 0.495 e. The molecule has 3 aromatic carbocycles. The third-order valence-corrected chi connectivity index (χ3v) is 6.83. The summed E-state index contributed by atoms with van der Waals surface area (Å²) in [6.45, 7) is 5.35. The molecular formula is C22H23N5O7S2. The predicted molar refractivity (Wildman–Crippen MR) is 132 cm³/mol. The number of hydrogen-bond donors (Lipinski definition) is 3. The molecule has 3 rings (SSSR count). The van der Waals surface area contributed by atoms with Crippen LogP contribution in [0, 0.1) is 20.8 Å². The zero-order valence-electron chi connectivity index (χ0n) is 19.7. The van der Waals surface area contributed by atoms with Crippen molar-refractivity contribution in [2.24, 2.45) is 20.5 Å². The van der Waals surface area contributed by atoms with E-state index in [2.05, 4.69) is 20.5 Å². The topological polar surface area (TPSA) is 193 Å². The number of rotatable bonds is 7. The minimum absolute atomic E-state index is 0.321. The van der Waals surface area contributed by atoms with Gasteiger partial charge in [0.2, 0.25) is 0 Å². The van der Waals surface area contributed by atoms with Crippen LogP contribution < -0.4 is 10.5 Å². The van der Waals surface area contributed by atoms with Crippen LogP contribution in [0.5, 0.6) is 5.75 Å². The summed E-state index contributed by atoms with van der Waals surface area (Å²) in [7, 11) is -8.06. The number of anilines is 1. The van der Waals surface area contributed by atoms with E-state index in [-0.39, 0.29) is 5.69 Å². The van der Waals surface area contributed by atoms with Gasteiger partial charge in [-0.25, -0.2) is 0 Å². The van der Waals surface area contributed by atoms with E-state index in [1.807, 2.05) is 6.92 Å². The molecule has 0 spiro atoms. The number of nitrogens with zero attached hydrogens (tertiary/aromatic N) is 4. The van der Waals surface area contributed by atoms with Crippen LogP contribution in [0.1, 0.15) is 16.7 Å².